The van der Waals surface area contributed by atoms with Crippen molar-refractivity contribution in [1.82, 2.24) is 4.98 Å². The Bertz CT molecular complexity index is 457. The molecule has 1 aromatic rings. The van der Waals surface area contributed by atoms with Crippen molar-refractivity contribution in [3.8, 4) is 6.07 Å². The zero-order chi connectivity index (χ0) is 12.3. The Labute approximate surface area is 103 Å². The molecular formula is C11H12BrN3O. The highest BCUT2D eigenvalue weighted by atomic mass is 79.9. The molecule has 0 fully saturated rings. The van der Waals surface area contributed by atoms with Crippen LogP contribution in [0.3, 0.4) is 0 Å². The summed E-state index contributed by atoms with van der Waals surface area (Å²) in [5, 5.41) is 11.5. The molecule has 0 aliphatic heterocycles. The maximum atomic E-state index is 11.7. The van der Waals surface area contributed by atoms with Gasteiger partial charge in [0.2, 0.25) is 5.91 Å². The topological polar surface area (TPSA) is 65.8 Å². The number of amides is 1. The fourth-order valence-electron chi connectivity index (χ4n) is 0.933. The number of hydrogen-bond acceptors (Lipinski definition) is 3. The highest BCUT2D eigenvalue weighted by Crippen LogP contribution is 2.21. The number of nitriles is 1. The molecule has 0 saturated heterocycles. The molecule has 1 heterocycles. The zero-order valence-electron chi connectivity index (χ0n) is 9.34. The highest BCUT2D eigenvalue weighted by molar-refractivity contribution is 9.10. The van der Waals surface area contributed by atoms with Gasteiger partial charge in [-0.25, -0.2) is 4.98 Å². The first-order chi connectivity index (χ1) is 7.34. The Morgan fingerprint density at radius 3 is 2.69 bits per heavy atom. The van der Waals surface area contributed by atoms with E-state index in [9.17, 15) is 4.79 Å². The maximum Gasteiger partial charge on any atom is 0.229 e. The van der Waals surface area contributed by atoms with Gasteiger partial charge in [0, 0.05) is 16.1 Å². The summed E-state index contributed by atoms with van der Waals surface area (Å²) in [6, 6.07) is 3.59. The van der Waals surface area contributed by atoms with E-state index >= 15 is 0 Å². The first-order valence-corrected chi connectivity index (χ1v) is 5.51. The molecule has 1 aromatic heterocycles. The number of carbonyl (C=O) groups excluding carboxylic acids is 1. The van der Waals surface area contributed by atoms with Gasteiger partial charge in [-0.3, -0.25) is 4.79 Å². The molecule has 0 radical (unpaired) electrons. The SMILES string of the molecule is CC(C)(C)C(=O)Nc1cc(Br)cnc1C#N. The molecule has 1 N–H and O–H groups in total. The monoisotopic (exact) mass is 281 g/mol. The van der Waals surface area contributed by atoms with Crippen molar-refractivity contribution in [3.05, 3.63) is 22.4 Å². The third-order valence-electron chi connectivity index (χ3n) is 1.89. The summed E-state index contributed by atoms with van der Waals surface area (Å²) < 4.78 is 0.718. The molecule has 0 unspecified atom stereocenters. The number of anilines is 1. The normalized spacial score (nSPS) is 10.7. The maximum absolute atomic E-state index is 11.7. The summed E-state index contributed by atoms with van der Waals surface area (Å²) in [4.78, 5) is 15.7. The van der Waals surface area contributed by atoms with Crippen LogP contribution in [0.5, 0.6) is 0 Å². The van der Waals surface area contributed by atoms with E-state index in [0.29, 0.717) is 5.69 Å². The van der Waals surface area contributed by atoms with Crippen molar-refractivity contribution in [2.45, 2.75) is 20.8 Å². The molecule has 0 bridgehead atoms. The zero-order valence-corrected chi connectivity index (χ0v) is 10.9. The summed E-state index contributed by atoms with van der Waals surface area (Å²) in [6.45, 7) is 5.42. The molecule has 0 saturated carbocycles. The van der Waals surface area contributed by atoms with Gasteiger partial charge in [0.15, 0.2) is 5.69 Å². The van der Waals surface area contributed by atoms with Crippen molar-refractivity contribution in [3.63, 3.8) is 0 Å². The summed E-state index contributed by atoms with van der Waals surface area (Å²) in [7, 11) is 0. The molecule has 0 spiro atoms. The molecule has 1 amide bonds. The molecule has 5 heteroatoms. The predicted molar refractivity (Wildman–Crippen MR) is 64.7 cm³/mol. The molecule has 84 valence electrons. The first kappa shape index (κ1) is 12.7. The third kappa shape index (κ3) is 3.04. The Morgan fingerprint density at radius 2 is 2.19 bits per heavy atom. The lowest BCUT2D eigenvalue weighted by molar-refractivity contribution is -0.123. The molecule has 0 aliphatic carbocycles. The Hall–Kier alpha value is -1.41. The van der Waals surface area contributed by atoms with Gasteiger partial charge >= 0.3 is 0 Å². The number of carbonyl (C=O) groups is 1. The van der Waals surface area contributed by atoms with E-state index in [2.05, 4.69) is 26.2 Å². The lowest BCUT2D eigenvalue weighted by Gasteiger charge is -2.17. The van der Waals surface area contributed by atoms with Crippen molar-refractivity contribution >= 4 is 27.5 Å². The van der Waals surface area contributed by atoms with Crippen LogP contribution in [-0.2, 0) is 4.79 Å². The van der Waals surface area contributed by atoms with Crippen molar-refractivity contribution in [2.24, 2.45) is 5.41 Å². The van der Waals surface area contributed by atoms with Gasteiger partial charge in [-0.1, -0.05) is 20.8 Å². The van der Waals surface area contributed by atoms with Crippen LogP contribution >= 0.6 is 15.9 Å². The first-order valence-electron chi connectivity index (χ1n) is 4.71. The number of pyridine rings is 1. The van der Waals surface area contributed by atoms with Gasteiger partial charge < -0.3 is 5.32 Å². The second-order valence-electron chi connectivity index (χ2n) is 4.37. The average Bonchev–Trinajstić information content (AvgIpc) is 2.16. The fraction of sp³-hybridized carbons (Fsp3) is 0.364. The number of rotatable bonds is 1. The number of halogens is 1. The van der Waals surface area contributed by atoms with Crippen LogP contribution in [0.25, 0.3) is 0 Å². The predicted octanol–water partition coefficient (Wildman–Crippen LogP) is 2.70. The van der Waals surface area contributed by atoms with E-state index < -0.39 is 5.41 Å². The summed E-state index contributed by atoms with van der Waals surface area (Å²) in [6.07, 6.45) is 1.52. The summed E-state index contributed by atoms with van der Waals surface area (Å²) in [5.74, 6) is -0.149. The van der Waals surface area contributed by atoms with Crippen LogP contribution in [0.2, 0.25) is 0 Å². The molecule has 0 aliphatic rings. The second kappa shape index (κ2) is 4.62. The smallest absolute Gasteiger partial charge is 0.229 e. The minimum absolute atomic E-state index is 0.149. The second-order valence-corrected chi connectivity index (χ2v) is 5.28. The standard InChI is InChI=1S/C11H12BrN3O/c1-11(2,3)10(16)15-8-4-7(12)6-14-9(8)5-13/h4,6H,1-3H3,(H,15,16). The Kier molecular flexibility index (Phi) is 3.66. The molecule has 16 heavy (non-hydrogen) atoms. The number of nitrogens with zero attached hydrogens (tertiary/aromatic N) is 2. The van der Waals surface area contributed by atoms with Crippen molar-refractivity contribution in [1.29, 1.82) is 5.26 Å². The van der Waals surface area contributed by atoms with E-state index in [0.717, 1.165) is 4.47 Å². The van der Waals surface area contributed by atoms with Crippen LogP contribution < -0.4 is 5.32 Å². The molecular weight excluding hydrogens is 270 g/mol. The van der Waals surface area contributed by atoms with E-state index in [-0.39, 0.29) is 11.6 Å². The molecule has 4 nitrogen and oxygen atoms in total. The van der Waals surface area contributed by atoms with Crippen LogP contribution in [-0.4, -0.2) is 10.9 Å². The van der Waals surface area contributed by atoms with E-state index in [1.54, 1.807) is 26.8 Å². The van der Waals surface area contributed by atoms with Gasteiger partial charge in [-0.05, 0) is 22.0 Å². The van der Waals surface area contributed by atoms with E-state index in [1.807, 2.05) is 6.07 Å². The largest absolute Gasteiger partial charge is 0.323 e. The van der Waals surface area contributed by atoms with E-state index in [4.69, 9.17) is 5.26 Å². The quantitative estimate of drug-likeness (QED) is 0.861. The molecule has 0 atom stereocenters. The van der Waals surface area contributed by atoms with Crippen molar-refractivity contribution in [2.75, 3.05) is 5.32 Å². The summed E-state index contributed by atoms with van der Waals surface area (Å²) in [5.41, 5.74) is 0.132. The number of hydrogen-bond donors (Lipinski definition) is 1. The van der Waals surface area contributed by atoms with Crippen LogP contribution in [0.15, 0.2) is 16.7 Å². The van der Waals surface area contributed by atoms with E-state index in [1.165, 1.54) is 6.20 Å². The minimum Gasteiger partial charge on any atom is -0.323 e. The third-order valence-corrected chi connectivity index (χ3v) is 2.32. The number of nitrogens with one attached hydrogen (secondary N) is 1. The minimum atomic E-state index is -0.505. The van der Waals surface area contributed by atoms with Crippen LogP contribution in [0.1, 0.15) is 26.5 Å². The fourth-order valence-corrected chi connectivity index (χ4v) is 1.26. The van der Waals surface area contributed by atoms with Gasteiger partial charge in [0.05, 0.1) is 5.69 Å². The lowest BCUT2D eigenvalue weighted by Crippen LogP contribution is -2.28. The highest BCUT2D eigenvalue weighted by Gasteiger charge is 2.22. The van der Waals surface area contributed by atoms with Crippen LogP contribution in [0.4, 0.5) is 5.69 Å². The van der Waals surface area contributed by atoms with Gasteiger partial charge in [-0.2, -0.15) is 5.26 Å². The van der Waals surface area contributed by atoms with Crippen molar-refractivity contribution < 1.29 is 4.79 Å². The molecule has 0 aromatic carbocycles. The Balaban J connectivity index is 3.02. The van der Waals surface area contributed by atoms with Gasteiger partial charge in [0.1, 0.15) is 6.07 Å². The van der Waals surface area contributed by atoms with Gasteiger partial charge in [0.25, 0.3) is 0 Å². The molecule has 1 rings (SSSR count). The van der Waals surface area contributed by atoms with Gasteiger partial charge in [-0.15, -0.1) is 0 Å². The lowest BCUT2D eigenvalue weighted by atomic mass is 9.95. The Morgan fingerprint density at radius 1 is 1.56 bits per heavy atom. The average molecular weight is 282 g/mol. The summed E-state index contributed by atoms with van der Waals surface area (Å²) >= 11 is 3.24. The van der Waals surface area contributed by atoms with Crippen LogP contribution in [0, 0.1) is 16.7 Å². The number of aromatic nitrogens is 1.